The van der Waals surface area contributed by atoms with Crippen LogP contribution in [0.4, 0.5) is 0 Å². The van der Waals surface area contributed by atoms with Crippen molar-refractivity contribution in [3.8, 4) is 0 Å². The van der Waals surface area contributed by atoms with Gasteiger partial charge >= 0.3 is 0 Å². The zero-order valence-electron chi connectivity index (χ0n) is 20.5. The number of rotatable bonds is 6. The second-order valence-corrected chi connectivity index (χ2v) is 10.8. The lowest BCUT2D eigenvalue weighted by molar-refractivity contribution is -0.158. The Balaban J connectivity index is 1.78. The number of carbonyl (C=O) groups is 2. The number of hydrogen-bond acceptors (Lipinski definition) is 4. The highest BCUT2D eigenvalue weighted by Gasteiger charge is 2.50. The first kappa shape index (κ1) is 26.2. The van der Waals surface area contributed by atoms with Gasteiger partial charge in [0.2, 0.25) is 5.91 Å². The number of aliphatic hydroxyl groups is 2. The first-order chi connectivity index (χ1) is 15.8. The summed E-state index contributed by atoms with van der Waals surface area (Å²) in [4.78, 5) is 28.3. The summed E-state index contributed by atoms with van der Waals surface area (Å²) in [7, 11) is 0. The zero-order chi connectivity index (χ0) is 25.3. The molecule has 2 aromatic carbocycles. The Labute approximate surface area is 206 Å². The molecule has 0 aliphatic carbocycles. The first-order valence-electron chi connectivity index (χ1n) is 11.7. The molecule has 3 atom stereocenters. The summed E-state index contributed by atoms with van der Waals surface area (Å²) in [5.41, 5.74) is -2.32. The number of amides is 2. The van der Waals surface area contributed by atoms with E-state index in [4.69, 9.17) is 11.6 Å². The molecule has 1 unspecified atom stereocenters. The summed E-state index contributed by atoms with van der Waals surface area (Å²) in [5, 5.41) is 25.9. The van der Waals surface area contributed by atoms with Gasteiger partial charge in [-0.3, -0.25) is 9.59 Å². The third-order valence-electron chi connectivity index (χ3n) is 7.08. The number of halogens is 1. The van der Waals surface area contributed by atoms with Gasteiger partial charge in [0.05, 0.1) is 5.60 Å². The highest BCUT2D eigenvalue weighted by molar-refractivity contribution is 6.30. The number of nitrogens with one attached hydrogen (secondary N) is 1. The Kier molecular flexibility index (Phi) is 7.46. The molecule has 0 saturated carbocycles. The first-order valence-corrected chi connectivity index (χ1v) is 12.0. The second kappa shape index (κ2) is 9.68. The normalized spacial score (nSPS) is 22.7. The molecule has 34 heavy (non-hydrogen) atoms. The lowest BCUT2D eigenvalue weighted by atomic mass is 9.66. The van der Waals surface area contributed by atoms with Gasteiger partial charge in [0.1, 0.15) is 6.04 Å². The van der Waals surface area contributed by atoms with E-state index in [9.17, 15) is 19.8 Å². The van der Waals surface area contributed by atoms with Crippen LogP contribution in [-0.4, -0.2) is 46.1 Å². The van der Waals surface area contributed by atoms with Crippen molar-refractivity contribution in [2.75, 3.05) is 13.1 Å². The lowest BCUT2D eigenvalue weighted by Crippen LogP contribution is -2.61. The topological polar surface area (TPSA) is 89.9 Å². The fraction of sp³-hybridized carbons (Fsp3) is 0.481. The smallest absolute Gasteiger partial charge is 0.256 e. The van der Waals surface area contributed by atoms with Crippen molar-refractivity contribution in [3.05, 3.63) is 70.7 Å². The third kappa shape index (κ3) is 4.99. The van der Waals surface area contributed by atoms with Gasteiger partial charge in [0.15, 0.2) is 5.60 Å². The molecule has 3 N–H and O–H groups in total. The van der Waals surface area contributed by atoms with Gasteiger partial charge in [0, 0.05) is 23.5 Å². The molecule has 0 bridgehead atoms. The van der Waals surface area contributed by atoms with Crippen LogP contribution in [0.5, 0.6) is 0 Å². The number of benzene rings is 2. The summed E-state index contributed by atoms with van der Waals surface area (Å²) >= 11 is 6.02. The van der Waals surface area contributed by atoms with Crippen LogP contribution in [0.3, 0.4) is 0 Å². The van der Waals surface area contributed by atoms with E-state index in [1.165, 1.54) is 6.92 Å². The van der Waals surface area contributed by atoms with Crippen LogP contribution in [0, 0.1) is 11.3 Å². The molecule has 1 fully saturated rings. The van der Waals surface area contributed by atoms with Crippen molar-refractivity contribution >= 4 is 23.4 Å². The van der Waals surface area contributed by atoms with Crippen LogP contribution in [0.25, 0.3) is 0 Å². The summed E-state index contributed by atoms with van der Waals surface area (Å²) in [6.45, 7) is 9.68. The Hall–Kier alpha value is -2.41. The predicted octanol–water partition coefficient (Wildman–Crippen LogP) is 3.83. The number of hydrogen-bond donors (Lipinski definition) is 3. The van der Waals surface area contributed by atoms with E-state index < -0.39 is 28.6 Å². The molecule has 0 aromatic heterocycles. The minimum Gasteiger partial charge on any atom is -0.384 e. The summed E-state index contributed by atoms with van der Waals surface area (Å²) in [6, 6.07) is 15.0. The standard InChI is InChI=1S/C27H35ClN2O4/c1-18(2)22(29-24(32)26(5,33)19-9-7-6-8-10-19)23(31)30-16-15-27(34,25(3,4)17-30)20-11-13-21(28)14-12-20/h6-14,18,22,33-34H,15-17H2,1-5H3,(H,29,32)/t22-,26?,27+/m1/s1. The van der Waals surface area contributed by atoms with E-state index in [2.05, 4.69) is 5.32 Å². The van der Waals surface area contributed by atoms with E-state index >= 15 is 0 Å². The molecule has 2 amide bonds. The van der Waals surface area contributed by atoms with Crippen LogP contribution in [0.1, 0.15) is 52.2 Å². The molecule has 0 radical (unpaired) electrons. The number of piperidine rings is 1. The number of likely N-dealkylation sites (tertiary alicyclic amines) is 1. The van der Waals surface area contributed by atoms with E-state index in [-0.39, 0.29) is 11.8 Å². The number of carbonyl (C=O) groups excluding carboxylic acids is 2. The van der Waals surface area contributed by atoms with Gasteiger partial charge in [-0.1, -0.05) is 81.8 Å². The van der Waals surface area contributed by atoms with Gasteiger partial charge in [0.25, 0.3) is 5.91 Å². The van der Waals surface area contributed by atoms with Gasteiger partial charge in [-0.05, 0) is 42.5 Å². The van der Waals surface area contributed by atoms with E-state index in [1.54, 1.807) is 47.4 Å². The largest absolute Gasteiger partial charge is 0.384 e. The Morgan fingerprint density at radius 3 is 2.21 bits per heavy atom. The van der Waals surface area contributed by atoms with Crippen LogP contribution < -0.4 is 5.32 Å². The van der Waals surface area contributed by atoms with Crippen molar-refractivity contribution < 1.29 is 19.8 Å². The monoisotopic (exact) mass is 486 g/mol. The molecule has 6 nitrogen and oxygen atoms in total. The van der Waals surface area contributed by atoms with E-state index in [0.29, 0.717) is 30.1 Å². The van der Waals surface area contributed by atoms with E-state index in [1.807, 2.05) is 39.8 Å². The molecule has 1 heterocycles. The zero-order valence-corrected chi connectivity index (χ0v) is 21.3. The maximum atomic E-state index is 13.5. The maximum absolute atomic E-state index is 13.5. The highest BCUT2D eigenvalue weighted by Crippen LogP contribution is 2.46. The molecule has 3 rings (SSSR count). The third-order valence-corrected chi connectivity index (χ3v) is 7.33. The Morgan fingerprint density at radius 2 is 1.68 bits per heavy atom. The predicted molar refractivity (Wildman–Crippen MR) is 133 cm³/mol. The quantitative estimate of drug-likeness (QED) is 0.578. The van der Waals surface area contributed by atoms with Crippen LogP contribution in [0.2, 0.25) is 5.02 Å². The fourth-order valence-corrected chi connectivity index (χ4v) is 4.78. The number of nitrogens with zero attached hydrogens (tertiary/aromatic N) is 1. The van der Waals surface area contributed by atoms with Gasteiger partial charge in [-0.25, -0.2) is 0 Å². The molecule has 7 heteroatoms. The molecule has 1 aliphatic rings. The SMILES string of the molecule is CC(C)[C@@H](NC(=O)C(C)(O)c1ccccc1)C(=O)N1CC[C@](O)(c2ccc(Cl)cc2)C(C)(C)C1. The van der Waals surface area contributed by atoms with E-state index in [0.717, 1.165) is 5.56 Å². The van der Waals surface area contributed by atoms with Gasteiger partial charge < -0.3 is 20.4 Å². The van der Waals surface area contributed by atoms with Crippen LogP contribution in [-0.2, 0) is 20.8 Å². The molecular weight excluding hydrogens is 452 g/mol. The van der Waals surface area contributed by atoms with Crippen LogP contribution >= 0.6 is 11.6 Å². The Morgan fingerprint density at radius 1 is 1.09 bits per heavy atom. The fourth-order valence-electron chi connectivity index (χ4n) is 4.66. The van der Waals surface area contributed by atoms with Crippen molar-refractivity contribution in [1.82, 2.24) is 10.2 Å². The van der Waals surface area contributed by atoms with Crippen molar-refractivity contribution in [1.29, 1.82) is 0 Å². The summed E-state index contributed by atoms with van der Waals surface area (Å²) < 4.78 is 0. The second-order valence-electron chi connectivity index (χ2n) is 10.4. The molecule has 2 aromatic rings. The van der Waals surface area contributed by atoms with Crippen molar-refractivity contribution in [3.63, 3.8) is 0 Å². The van der Waals surface area contributed by atoms with Crippen LogP contribution in [0.15, 0.2) is 54.6 Å². The van der Waals surface area contributed by atoms with Crippen molar-refractivity contribution in [2.24, 2.45) is 11.3 Å². The molecule has 184 valence electrons. The average molecular weight is 487 g/mol. The Bertz CT molecular complexity index is 1020. The molecule has 1 aliphatic heterocycles. The van der Waals surface area contributed by atoms with Gasteiger partial charge in [-0.15, -0.1) is 0 Å². The minimum atomic E-state index is -1.77. The lowest BCUT2D eigenvalue weighted by Gasteiger charge is -2.51. The summed E-state index contributed by atoms with van der Waals surface area (Å²) in [6.07, 6.45) is 0.355. The molecular formula is C27H35ClN2O4. The van der Waals surface area contributed by atoms with Gasteiger partial charge in [-0.2, -0.15) is 0 Å². The minimum absolute atomic E-state index is 0.191. The van der Waals surface area contributed by atoms with Crippen molar-refractivity contribution in [2.45, 2.75) is 58.3 Å². The average Bonchev–Trinajstić information content (AvgIpc) is 2.79. The highest BCUT2D eigenvalue weighted by atomic mass is 35.5. The summed E-state index contributed by atoms with van der Waals surface area (Å²) in [5.74, 6) is -1.04. The maximum Gasteiger partial charge on any atom is 0.256 e. The molecule has 1 saturated heterocycles. The molecule has 0 spiro atoms.